The molecule has 122 valence electrons. The molecule has 0 N–H and O–H groups in total. The molecule has 0 aromatic heterocycles. The molecule has 1 atom stereocenters. The van der Waals surface area contributed by atoms with Crippen molar-refractivity contribution in [1.82, 2.24) is 9.80 Å². The number of halogens is 1. The third kappa shape index (κ3) is 4.89. The maximum Gasteiger partial charge on any atom is 0.239 e. The van der Waals surface area contributed by atoms with Crippen LogP contribution in [0, 0.1) is 0 Å². The summed E-state index contributed by atoms with van der Waals surface area (Å²) in [5, 5.41) is 0.699. The molecule has 1 unspecified atom stereocenters. The van der Waals surface area contributed by atoms with Crippen molar-refractivity contribution in [2.45, 2.75) is 32.2 Å². The number of likely N-dealkylation sites (tertiary alicyclic amines) is 1. The van der Waals surface area contributed by atoms with Crippen LogP contribution in [0.25, 0.3) is 0 Å². The number of carbonyl (C=O) groups excluding carboxylic acids is 1. The molecule has 4 nitrogen and oxygen atoms in total. The lowest BCUT2D eigenvalue weighted by Crippen LogP contribution is -2.48. The van der Waals surface area contributed by atoms with E-state index in [2.05, 4.69) is 0 Å². The minimum absolute atomic E-state index is 0.105. The highest BCUT2D eigenvalue weighted by Crippen LogP contribution is 2.16. The van der Waals surface area contributed by atoms with Crippen molar-refractivity contribution in [2.24, 2.45) is 0 Å². The normalized spacial score (nSPS) is 16.6. The zero-order valence-electron chi connectivity index (χ0n) is 13.4. The van der Waals surface area contributed by atoms with E-state index in [1.54, 1.807) is 0 Å². The molecule has 0 aliphatic carbocycles. The summed E-state index contributed by atoms with van der Waals surface area (Å²) < 4.78 is 5.68. The molecular formula is C17H25ClN2O2. The summed E-state index contributed by atoms with van der Waals surface area (Å²) in [6.07, 6.45) is 3.49. The molecule has 22 heavy (non-hydrogen) atoms. The van der Waals surface area contributed by atoms with Gasteiger partial charge >= 0.3 is 0 Å². The van der Waals surface area contributed by atoms with Crippen molar-refractivity contribution >= 4 is 17.5 Å². The van der Waals surface area contributed by atoms with E-state index in [4.69, 9.17) is 16.3 Å². The van der Waals surface area contributed by atoms with Gasteiger partial charge in [-0.15, -0.1) is 0 Å². The zero-order chi connectivity index (χ0) is 15.9. The van der Waals surface area contributed by atoms with Gasteiger partial charge < -0.3 is 9.64 Å². The number of hydrogen-bond acceptors (Lipinski definition) is 3. The standard InChI is InChI=1S/C17H25ClN2O2/c1-14(17(21)20-10-4-3-5-11-20)19(2)12-13-22-16-8-6-15(18)7-9-16/h6-9,14H,3-5,10-13H2,1-2H3. The molecule has 1 aromatic carbocycles. The number of amides is 1. The molecule has 5 heteroatoms. The van der Waals surface area contributed by atoms with Gasteiger partial charge in [-0.25, -0.2) is 0 Å². The van der Waals surface area contributed by atoms with Gasteiger partial charge in [0.1, 0.15) is 12.4 Å². The van der Waals surface area contributed by atoms with Crippen LogP contribution in [0.4, 0.5) is 0 Å². The molecule has 1 aliphatic rings. The maximum atomic E-state index is 12.4. The van der Waals surface area contributed by atoms with Crippen LogP contribution in [0.15, 0.2) is 24.3 Å². The topological polar surface area (TPSA) is 32.8 Å². The fourth-order valence-corrected chi connectivity index (χ4v) is 2.72. The monoisotopic (exact) mass is 324 g/mol. The van der Waals surface area contributed by atoms with Crippen LogP contribution in [0.5, 0.6) is 5.75 Å². The average Bonchev–Trinajstić information content (AvgIpc) is 2.56. The Morgan fingerprint density at radius 1 is 1.27 bits per heavy atom. The van der Waals surface area contributed by atoms with E-state index in [1.165, 1.54) is 6.42 Å². The van der Waals surface area contributed by atoms with E-state index in [-0.39, 0.29) is 11.9 Å². The van der Waals surface area contributed by atoms with Gasteiger partial charge in [0.25, 0.3) is 0 Å². The molecule has 1 amide bonds. The van der Waals surface area contributed by atoms with Gasteiger partial charge in [0.2, 0.25) is 5.91 Å². The Hall–Kier alpha value is -1.26. The Bertz CT molecular complexity index is 472. The first-order chi connectivity index (χ1) is 10.6. The van der Waals surface area contributed by atoms with Gasteiger partial charge in [-0.2, -0.15) is 0 Å². The second-order valence-corrected chi connectivity index (χ2v) is 6.28. The summed E-state index contributed by atoms with van der Waals surface area (Å²) in [5.74, 6) is 1.03. The third-order valence-corrected chi connectivity index (χ3v) is 4.46. The van der Waals surface area contributed by atoms with Gasteiger partial charge in [-0.05, 0) is 57.5 Å². The SMILES string of the molecule is CC(C(=O)N1CCCCC1)N(C)CCOc1ccc(Cl)cc1. The van der Waals surface area contributed by atoms with Crippen LogP contribution in [-0.4, -0.2) is 55.0 Å². The molecule has 1 heterocycles. The van der Waals surface area contributed by atoms with Gasteiger partial charge in [0.15, 0.2) is 0 Å². The molecule has 1 saturated heterocycles. The second kappa shape index (κ2) is 8.39. The van der Waals surface area contributed by atoms with Crippen molar-refractivity contribution < 1.29 is 9.53 Å². The number of piperidine rings is 1. The number of carbonyl (C=O) groups is 1. The fourth-order valence-electron chi connectivity index (χ4n) is 2.60. The summed E-state index contributed by atoms with van der Waals surface area (Å²) in [6.45, 7) is 5.04. The van der Waals surface area contributed by atoms with Gasteiger partial charge in [0.05, 0.1) is 6.04 Å². The minimum atomic E-state index is -0.105. The molecule has 0 bridgehead atoms. The Kier molecular flexibility index (Phi) is 6.52. The van der Waals surface area contributed by atoms with E-state index < -0.39 is 0 Å². The van der Waals surface area contributed by atoms with Crippen LogP contribution in [-0.2, 0) is 4.79 Å². The Morgan fingerprint density at radius 3 is 2.55 bits per heavy atom. The van der Waals surface area contributed by atoms with Crippen LogP contribution >= 0.6 is 11.6 Å². The number of benzene rings is 1. The largest absolute Gasteiger partial charge is 0.492 e. The van der Waals surface area contributed by atoms with Crippen LogP contribution in [0.1, 0.15) is 26.2 Å². The Morgan fingerprint density at radius 2 is 1.91 bits per heavy atom. The van der Waals surface area contributed by atoms with Crippen molar-refractivity contribution in [3.63, 3.8) is 0 Å². The predicted molar refractivity (Wildman–Crippen MR) is 89.5 cm³/mol. The van der Waals surface area contributed by atoms with Crippen molar-refractivity contribution in [1.29, 1.82) is 0 Å². The molecule has 1 aromatic rings. The first kappa shape index (κ1) is 17.1. The number of rotatable bonds is 6. The summed E-state index contributed by atoms with van der Waals surface area (Å²) in [6, 6.07) is 7.22. The first-order valence-electron chi connectivity index (χ1n) is 7.95. The van der Waals surface area contributed by atoms with E-state index in [9.17, 15) is 4.79 Å². The maximum absolute atomic E-state index is 12.4. The second-order valence-electron chi connectivity index (χ2n) is 5.84. The van der Waals surface area contributed by atoms with Crippen LogP contribution < -0.4 is 4.74 Å². The fraction of sp³-hybridized carbons (Fsp3) is 0.588. The minimum Gasteiger partial charge on any atom is -0.492 e. The summed E-state index contributed by atoms with van der Waals surface area (Å²) in [5.41, 5.74) is 0. The summed E-state index contributed by atoms with van der Waals surface area (Å²) in [7, 11) is 1.97. The third-order valence-electron chi connectivity index (χ3n) is 4.21. The first-order valence-corrected chi connectivity index (χ1v) is 8.33. The van der Waals surface area contributed by atoms with Crippen LogP contribution in [0.2, 0.25) is 5.02 Å². The van der Waals surface area contributed by atoms with Gasteiger partial charge in [-0.1, -0.05) is 11.6 Å². The zero-order valence-corrected chi connectivity index (χ0v) is 14.2. The average molecular weight is 325 g/mol. The number of ether oxygens (including phenoxy) is 1. The predicted octanol–water partition coefficient (Wildman–Crippen LogP) is 3.05. The van der Waals surface area contributed by atoms with Gasteiger partial charge in [0, 0.05) is 24.7 Å². The lowest BCUT2D eigenvalue weighted by Gasteiger charge is -2.32. The molecule has 0 saturated carbocycles. The Labute approximate surface area is 138 Å². The lowest BCUT2D eigenvalue weighted by atomic mass is 10.1. The highest BCUT2D eigenvalue weighted by Gasteiger charge is 2.24. The number of nitrogens with zero attached hydrogens (tertiary/aromatic N) is 2. The molecule has 0 spiro atoms. The van der Waals surface area contributed by atoms with E-state index in [0.29, 0.717) is 18.2 Å². The molecular weight excluding hydrogens is 300 g/mol. The lowest BCUT2D eigenvalue weighted by molar-refractivity contribution is -0.136. The quantitative estimate of drug-likeness (QED) is 0.806. The van der Waals surface area contributed by atoms with E-state index in [0.717, 1.165) is 31.7 Å². The number of hydrogen-bond donors (Lipinski definition) is 0. The highest BCUT2D eigenvalue weighted by atomic mass is 35.5. The Balaban J connectivity index is 1.74. The smallest absolute Gasteiger partial charge is 0.239 e. The summed E-state index contributed by atoms with van der Waals surface area (Å²) >= 11 is 5.84. The van der Waals surface area contributed by atoms with Crippen LogP contribution in [0.3, 0.4) is 0 Å². The molecule has 1 aliphatic heterocycles. The van der Waals surface area contributed by atoms with Crippen molar-refractivity contribution in [3.05, 3.63) is 29.3 Å². The molecule has 1 fully saturated rings. The van der Waals surface area contributed by atoms with Crippen molar-refractivity contribution in [3.8, 4) is 5.75 Å². The number of likely N-dealkylation sites (N-methyl/N-ethyl adjacent to an activating group) is 1. The van der Waals surface area contributed by atoms with E-state index >= 15 is 0 Å². The summed E-state index contributed by atoms with van der Waals surface area (Å²) in [4.78, 5) is 16.5. The molecule has 2 rings (SSSR count). The van der Waals surface area contributed by atoms with E-state index in [1.807, 2.05) is 48.0 Å². The highest BCUT2D eigenvalue weighted by molar-refractivity contribution is 6.30. The van der Waals surface area contributed by atoms with Gasteiger partial charge in [-0.3, -0.25) is 9.69 Å². The molecule has 0 radical (unpaired) electrons. The van der Waals surface area contributed by atoms with Crippen molar-refractivity contribution in [2.75, 3.05) is 33.3 Å².